The van der Waals surface area contributed by atoms with Crippen molar-refractivity contribution in [2.75, 3.05) is 7.11 Å². The Kier molecular flexibility index (Phi) is 4.90. The fraction of sp³-hybridized carbons (Fsp3) is 0.263. The Labute approximate surface area is 150 Å². The maximum Gasteiger partial charge on any atom is 0.337 e. The number of urea groups is 1. The number of nitrogens with one attached hydrogen (secondary N) is 1. The van der Waals surface area contributed by atoms with E-state index < -0.39 is 12.0 Å². The van der Waals surface area contributed by atoms with Crippen LogP contribution in [0.25, 0.3) is 0 Å². The molecule has 0 spiro atoms. The lowest BCUT2D eigenvalue weighted by atomic mass is 9.94. The summed E-state index contributed by atoms with van der Waals surface area (Å²) >= 11 is 1.57. The van der Waals surface area contributed by atoms with Crippen LogP contribution in [0.5, 0.6) is 0 Å². The minimum Gasteiger partial charge on any atom is -0.466 e. The van der Waals surface area contributed by atoms with Gasteiger partial charge >= 0.3 is 12.0 Å². The van der Waals surface area contributed by atoms with Gasteiger partial charge in [0, 0.05) is 10.6 Å². The van der Waals surface area contributed by atoms with Crippen molar-refractivity contribution in [2.24, 2.45) is 0 Å². The van der Waals surface area contributed by atoms with Crippen LogP contribution >= 0.6 is 11.3 Å². The third-order valence-electron chi connectivity index (χ3n) is 4.27. The van der Waals surface area contributed by atoms with E-state index >= 15 is 0 Å². The molecular formula is C19H20N2O3S. The number of aryl methyl sites for hydroxylation is 1. The fourth-order valence-corrected chi connectivity index (χ4v) is 3.70. The Morgan fingerprint density at radius 3 is 2.72 bits per heavy atom. The molecule has 1 aromatic carbocycles. The van der Waals surface area contributed by atoms with Crippen LogP contribution in [0.4, 0.5) is 4.79 Å². The summed E-state index contributed by atoms with van der Waals surface area (Å²) in [5, 5.41) is 4.92. The summed E-state index contributed by atoms with van der Waals surface area (Å²) in [6, 6.07) is 10.9. The minimum atomic E-state index is -0.514. The van der Waals surface area contributed by atoms with Gasteiger partial charge in [-0.05, 0) is 30.9 Å². The Hall–Kier alpha value is -2.60. The number of esters is 1. The van der Waals surface area contributed by atoms with Gasteiger partial charge in [0.1, 0.15) is 0 Å². The number of benzene rings is 1. The molecular weight excluding hydrogens is 336 g/mol. The van der Waals surface area contributed by atoms with Crippen molar-refractivity contribution in [3.63, 3.8) is 0 Å². The lowest BCUT2D eigenvalue weighted by molar-refractivity contribution is -0.136. The first-order valence-electron chi connectivity index (χ1n) is 7.97. The van der Waals surface area contributed by atoms with E-state index in [1.807, 2.05) is 48.7 Å². The Balaban J connectivity index is 2.04. The average Bonchev–Trinajstić information content (AvgIpc) is 3.10. The van der Waals surface area contributed by atoms with Gasteiger partial charge in [-0.1, -0.05) is 35.9 Å². The molecule has 0 radical (unpaired) electrons. The van der Waals surface area contributed by atoms with E-state index in [0.29, 0.717) is 17.8 Å². The normalized spacial score (nSPS) is 17.5. The molecule has 0 saturated carbocycles. The molecule has 0 aliphatic carbocycles. The standard InChI is InChI=1S/C19H20N2O3S/c1-12-6-4-7-14(10-12)17-16(18(22)24-3)13(2)21(19(23)20-17)11-15-8-5-9-25-15/h4-10,17H,11H2,1-3H3,(H,20,23)/t17-/m0/s1. The van der Waals surface area contributed by atoms with Gasteiger partial charge in [-0.25, -0.2) is 9.59 Å². The fourth-order valence-electron chi connectivity index (χ4n) is 3.00. The molecule has 3 rings (SSSR count). The second-order valence-corrected chi connectivity index (χ2v) is 6.99. The predicted molar refractivity (Wildman–Crippen MR) is 97.0 cm³/mol. The van der Waals surface area contributed by atoms with Crippen LogP contribution in [-0.4, -0.2) is 24.0 Å². The molecule has 2 aromatic rings. The Bertz CT molecular complexity index is 827. The monoisotopic (exact) mass is 356 g/mol. The number of hydrogen-bond donors (Lipinski definition) is 1. The summed E-state index contributed by atoms with van der Waals surface area (Å²) in [7, 11) is 1.36. The highest BCUT2D eigenvalue weighted by Gasteiger charge is 2.36. The van der Waals surface area contributed by atoms with Gasteiger partial charge in [0.25, 0.3) is 0 Å². The number of carbonyl (C=O) groups excluding carboxylic acids is 2. The van der Waals surface area contributed by atoms with E-state index in [1.165, 1.54) is 7.11 Å². The number of carbonyl (C=O) groups is 2. The maximum absolute atomic E-state index is 12.7. The second-order valence-electron chi connectivity index (χ2n) is 5.95. The van der Waals surface area contributed by atoms with E-state index in [4.69, 9.17) is 4.74 Å². The third kappa shape index (κ3) is 3.44. The highest BCUT2D eigenvalue weighted by atomic mass is 32.1. The SMILES string of the molecule is COC(=O)C1=C(C)N(Cc2cccs2)C(=O)N[C@H]1c1cccc(C)c1. The van der Waals surface area contributed by atoms with Crippen molar-refractivity contribution in [1.82, 2.24) is 10.2 Å². The zero-order valence-corrected chi connectivity index (χ0v) is 15.2. The molecule has 1 N–H and O–H groups in total. The van der Waals surface area contributed by atoms with Gasteiger partial charge in [-0.3, -0.25) is 4.90 Å². The van der Waals surface area contributed by atoms with Gasteiger partial charge in [0.15, 0.2) is 0 Å². The largest absolute Gasteiger partial charge is 0.466 e. The Morgan fingerprint density at radius 1 is 1.28 bits per heavy atom. The van der Waals surface area contributed by atoms with Gasteiger partial charge in [-0.2, -0.15) is 0 Å². The first-order chi connectivity index (χ1) is 12.0. The molecule has 0 fully saturated rings. The summed E-state index contributed by atoms with van der Waals surface area (Å²) in [5.41, 5.74) is 3.01. The van der Waals surface area contributed by atoms with E-state index in [-0.39, 0.29) is 6.03 Å². The number of rotatable bonds is 4. The molecule has 5 nitrogen and oxygen atoms in total. The lowest BCUT2D eigenvalue weighted by Gasteiger charge is -2.35. The molecule has 1 atom stereocenters. The summed E-state index contributed by atoms with van der Waals surface area (Å²) in [4.78, 5) is 27.8. The Morgan fingerprint density at radius 2 is 2.08 bits per heavy atom. The van der Waals surface area contributed by atoms with E-state index in [1.54, 1.807) is 23.2 Å². The van der Waals surface area contributed by atoms with Crippen molar-refractivity contribution in [3.05, 3.63) is 69.1 Å². The number of amides is 2. The molecule has 1 aliphatic rings. The molecule has 130 valence electrons. The number of ether oxygens (including phenoxy) is 1. The van der Waals surface area contributed by atoms with E-state index in [9.17, 15) is 9.59 Å². The molecule has 0 unspecified atom stereocenters. The van der Waals surface area contributed by atoms with Crippen LogP contribution in [-0.2, 0) is 16.1 Å². The highest BCUT2D eigenvalue weighted by Crippen LogP contribution is 2.32. The number of hydrogen-bond acceptors (Lipinski definition) is 4. The smallest absolute Gasteiger partial charge is 0.337 e. The average molecular weight is 356 g/mol. The first kappa shape index (κ1) is 17.2. The summed E-state index contributed by atoms with van der Waals surface area (Å²) < 4.78 is 4.99. The maximum atomic E-state index is 12.7. The molecule has 0 bridgehead atoms. The van der Waals surface area contributed by atoms with Crippen LogP contribution in [0.2, 0.25) is 0 Å². The van der Waals surface area contributed by atoms with Crippen LogP contribution in [0.15, 0.2) is 53.0 Å². The molecule has 6 heteroatoms. The lowest BCUT2D eigenvalue weighted by Crippen LogP contribution is -2.47. The van der Waals surface area contributed by atoms with Crippen LogP contribution in [0.1, 0.15) is 29.0 Å². The summed E-state index contributed by atoms with van der Waals surface area (Å²) in [5.74, 6) is -0.430. The summed E-state index contributed by atoms with van der Waals surface area (Å²) in [6.07, 6.45) is 0. The van der Waals surface area contributed by atoms with E-state index in [0.717, 1.165) is 16.0 Å². The third-order valence-corrected chi connectivity index (χ3v) is 5.13. The van der Waals surface area contributed by atoms with Crippen molar-refractivity contribution in [3.8, 4) is 0 Å². The van der Waals surface area contributed by atoms with Crippen molar-refractivity contribution < 1.29 is 14.3 Å². The molecule has 1 aliphatic heterocycles. The van der Waals surface area contributed by atoms with Crippen LogP contribution in [0.3, 0.4) is 0 Å². The second kappa shape index (κ2) is 7.11. The van der Waals surface area contributed by atoms with Crippen molar-refractivity contribution >= 4 is 23.3 Å². The van der Waals surface area contributed by atoms with Crippen LogP contribution in [0, 0.1) is 6.92 Å². The molecule has 25 heavy (non-hydrogen) atoms. The molecule has 2 amide bonds. The number of allylic oxidation sites excluding steroid dienone is 1. The topological polar surface area (TPSA) is 58.6 Å². The van der Waals surface area contributed by atoms with Crippen LogP contribution < -0.4 is 5.32 Å². The van der Waals surface area contributed by atoms with Gasteiger partial charge in [0.05, 0.1) is 25.3 Å². The highest BCUT2D eigenvalue weighted by molar-refractivity contribution is 7.09. The van der Waals surface area contributed by atoms with Crippen molar-refractivity contribution in [1.29, 1.82) is 0 Å². The van der Waals surface area contributed by atoms with Gasteiger partial charge in [-0.15, -0.1) is 11.3 Å². The van der Waals surface area contributed by atoms with Gasteiger partial charge < -0.3 is 10.1 Å². The van der Waals surface area contributed by atoms with Crippen molar-refractivity contribution in [2.45, 2.75) is 26.4 Å². The minimum absolute atomic E-state index is 0.218. The molecule has 1 aromatic heterocycles. The number of thiophene rings is 1. The first-order valence-corrected chi connectivity index (χ1v) is 8.85. The predicted octanol–water partition coefficient (Wildman–Crippen LogP) is 3.77. The van der Waals surface area contributed by atoms with Gasteiger partial charge in [0.2, 0.25) is 0 Å². The molecule has 2 heterocycles. The number of nitrogens with zero attached hydrogens (tertiary/aromatic N) is 1. The molecule has 0 saturated heterocycles. The zero-order valence-electron chi connectivity index (χ0n) is 14.4. The summed E-state index contributed by atoms with van der Waals surface area (Å²) in [6.45, 7) is 4.20. The number of methoxy groups -OCH3 is 1. The quantitative estimate of drug-likeness (QED) is 0.849. The zero-order chi connectivity index (χ0) is 18.0. The van der Waals surface area contributed by atoms with E-state index in [2.05, 4.69) is 5.32 Å².